The van der Waals surface area contributed by atoms with Gasteiger partial charge in [-0.3, -0.25) is 14.8 Å². The average Bonchev–Trinajstić information content (AvgIpc) is 2.69. The van der Waals surface area contributed by atoms with Gasteiger partial charge in [-0.05, 0) is 42.7 Å². The van der Waals surface area contributed by atoms with Crippen molar-refractivity contribution in [2.75, 3.05) is 6.54 Å². The number of nitriles is 1. The largest absolute Gasteiger partial charge is 0.337 e. The average molecular weight is 358 g/mol. The van der Waals surface area contributed by atoms with Crippen LogP contribution in [0.2, 0.25) is 0 Å². The topological polar surface area (TPSA) is 69.9 Å². The molecule has 5 nitrogen and oxygen atoms in total. The third-order valence-electron chi connectivity index (χ3n) is 4.76. The maximum Gasteiger partial charge on any atom is 0.227 e. The number of pyridine rings is 2. The Labute approximate surface area is 159 Å². The molecule has 27 heavy (non-hydrogen) atoms. The predicted octanol–water partition coefficient (Wildman–Crippen LogP) is 3.73. The molecule has 3 aromatic rings. The maximum absolute atomic E-state index is 13.0. The van der Waals surface area contributed by atoms with E-state index >= 15 is 0 Å². The van der Waals surface area contributed by atoms with Crippen molar-refractivity contribution in [2.45, 2.75) is 33.2 Å². The first kappa shape index (κ1) is 18.5. The van der Waals surface area contributed by atoms with Gasteiger partial charge in [0.25, 0.3) is 0 Å². The molecular formula is C22H22N4O. The van der Waals surface area contributed by atoms with Crippen LogP contribution in [0.25, 0.3) is 10.9 Å². The van der Waals surface area contributed by atoms with Crippen LogP contribution >= 0.6 is 0 Å². The summed E-state index contributed by atoms with van der Waals surface area (Å²) in [6.45, 7) is 4.85. The van der Waals surface area contributed by atoms with Gasteiger partial charge >= 0.3 is 0 Å². The predicted molar refractivity (Wildman–Crippen MR) is 105 cm³/mol. The van der Waals surface area contributed by atoms with Gasteiger partial charge in [-0.1, -0.05) is 24.3 Å². The summed E-state index contributed by atoms with van der Waals surface area (Å²) < 4.78 is 0. The second-order valence-electron chi connectivity index (χ2n) is 6.58. The van der Waals surface area contributed by atoms with E-state index in [9.17, 15) is 4.79 Å². The standard InChI is InChI=1S/C22H22N4O/c1-16-19-8-3-4-9-21(19)25-17(2)20(16)13-22(27)26(12-6-10-23)15-18-7-5-11-24-14-18/h3-5,7-9,11,14H,6,12-13,15H2,1-2H3. The van der Waals surface area contributed by atoms with Gasteiger partial charge in [-0.15, -0.1) is 0 Å². The minimum absolute atomic E-state index is 0.00242. The highest BCUT2D eigenvalue weighted by molar-refractivity contribution is 5.86. The summed E-state index contributed by atoms with van der Waals surface area (Å²) in [4.78, 5) is 23.5. The molecule has 2 heterocycles. The molecule has 0 fully saturated rings. The summed E-state index contributed by atoms with van der Waals surface area (Å²) in [5.74, 6) is -0.00242. The van der Waals surface area contributed by atoms with E-state index < -0.39 is 0 Å². The quantitative estimate of drug-likeness (QED) is 0.673. The SMILES string of the molecule is Cc1nc2ccccc2c(C)c1CC(=O)N(CCC#N)Cc1cccnc1. The molecule has 2 aromatic heterocycles. The summed E-state index contributed by atoms with van der Waals surface area (Å²) in [6, 6.07) is 13.9. The Morgan fingerprint density at radius 3 is 2.74 bits per heavy atom. The third kappa shape index (κ3) is 4.29. The highest BCUT2D eigenvalue weighted by Crippen LogP contribution is 2.23. The molecule has 1 amide bonds. The lowest BCUT2D eigenvalue weighted by atomic mass is 9.99. The third-order valence-corrected chi connectivity index (χ3v) is 4.76. The molecule has 3 rings (SSSR count). The van der Waals surface area contributed by atoms with Gasteiger partial charge in [0.05, 0.1) is 24.4 Å². The molecule has 0 saturated carbocycles. The Kier molecular flexibility index (Phi) is 5.77. The number of aromatic nitrogens is 2. The number of amides is 1. The van der Waals surface area contributed by atoms with Crippen LogP contribution in [0, 0.1) is 25.2 Å². The zero-order chi connectivity index (χ0) is 19.2. The monoisotopic (exact) mass is 358 g/mol. The molecular weight excluding hydrogens is 336 g/mol. The highest BCUT2D eigenvalue weighted by Gasteiger charge is 2.18. The Bertz CT molecular complexity index is 992. The number of carbonyl (C=O) groups is 1. The summed E-state index contributed by atoms with van der Waals surface area (Å²) in [5, 5.41) is 10.0. The van der Waals surface area contributed by atoms with Crippen molar-refractivity contribution in [3.05, 3.63) is 71.2 Å². The molecule has 0 unspecified atom stereocenters. The first-order valence-corrected chi connectivity index (χ1v) is 8.98. The fraction of sp³-hybridized carbons (Fsp3) is 0.273. The van der Waals surface area contributed by atoms with Crippen molar-refractivity contribution in [3.63, 3.8) is 0 Å². The van der Waals surface area contributed by atoms with E-state index in [0.29, 0.717) is 19.5 Å². The molecule has 5 heteroatoms. The van der Waals surface area contributed by atoms with Crippen molar-refractivity contribution in [1.29, 1.82) is 5.26 Å². The minimum atomic E-state index is -0.00242. The smallest absolute Gasteiger partial charge is 0.227 e. The fourth-order valence-electron chi connectivity index (χ4n) is 3.28. The molecule has 0 spiro atoms. The van der Waals surface area contributed by atoms with E-state index in [1.165, 1.54) is 0 Å². The molecule has 0 aliphatic rings. The summed E-state index contributed by atoms with van der Waals surface area (Å²) in [6.07, 6.45) is 4.04. The minimum Gasteiger partial charge on any atom is -0.337 e. The number of benzene rings is 1. The molecule has 0 bridgehead atoms. The zero-order valence-electron chi connectivity index (χ0n) is 15.6. The van der Waals surface area contributed by atoms with Crippen LogP contribution in [0.4, 0.5) is 0 Å². The van der Waals surface area contributed by atoms with Gasteiger partial charge in [-0.25, -0.2) is 0 Å². The zero-order valence-corrected chi connectivity index (χ0v) is 15.6. The van der Waals surface area contributed by atoms with E-state index in [0.717, 1.165) is 33.3 Å². The second-order valence-corrected chi connectivity index (χ2v) is 6.58. The fourth-order valence-corrected chi connectivity index (χ4v) is 3.28. The van der Waals surface area contributed by atoms with Gasteiger partial charge in [0.1, 0.15) is 0 Å². The number of rotatable bonds is 6. The second kappa shape index (κ2) is 8.41. The van der Waals surface area contributed by atoms with Crippen molar-refractivity contribution >= 4 is 16.8 Å². The van der Waals surface area contributed by atoms with E-state index in [1.807, 2.05) is 50.2 Å². The van der Waals surface area contributed by atoms with Gasteiger partial charge in [0.2, 0.25) is 5.91 Å². The normalized spacial score (nSPS) is 10.6. The molecule has 0 N–H and O–H groups in total. The number of hydrogen-bond donors (Lipinski definition) is 0. The molecule has 0 radical (unpaired) electrons. The Balaban J connectivity index is 1.87. The number of aryl methyl sites for hydroxylation is 2. The first-order chi connectivity index (χ1) is 13.1. The molecule has 1 aromatic carbocycles. The van der Waals surface area contributed by atoms with Crippen LogP contribution in [0.1, 0.15) is 28.8 Å². The van der Waals surface area contributed by atoms with E-state index in [1.54, 1.807) is 17.3 Å². The van der Waals surface area contributed by atoms with Gasteiger partial charge in [0.15, 0.2) is 0 Å². The van der Waals surface area contributed by atoms with Gasteiger partial charge < -0.3 is 4.90 Å². The molecule has 136 valence electrons. The van der Waals surface area contributed by atoms with Crippen LogP contribution in [0.5, 0.6) is 0 Å². The van der Waals surface area contributed by atoms with Crippen LogP contribution in [0.3, 0.4) is 0 Å². The van der Waals surface area contributed by atoms with Crippen LogP contribution in [-0.2, 0) is 17.8 Å². The molecule has 0 atom stereocenters. The molecule has 0 aliphatic heterocycles. The van der Waals surface area contributed by atoms with Crippen molar-refractivity contribution in [1.82, 2.24) is 14.9 Å². The van der Waals surface area contributed by atoms with Gasteiger partial charge in [-0.2, -0.15) is 5.26 Å². The maximum atomic E-state index is 13.0. The van der Waals surface area contributed by atoms with E-state index in [2.05, 4.69) is 16.0 Å². The lowest BCUT2D eigenvalue weighted by Gasteiger charge is -2.23. The Morgan fingerprint density at radius 2 is 2.00 bits per heavy atom. The lowest BCUT2D eigenvalue weighted by molar-refractivity contribution is -0.131. The number of fused-ring (bicyclic) bond motifs is 1. The number of para-hydroxylation sites is 1. The summed E-state index contributed by atoms with van der Waals surface area (Å²) in [7, 11) is 0. The van der Waals surface area contributed by atoms with Gasteiger partial charge in [0, 0.05) is 36.6 Å². The molecule has 0 aliphatic carbocycles. The Hall–Kier alpha value is -3.26. The van der Waals surface area contributed by atoms with Crippen molar-refractivity contribution in [3.8, 4) is 6.07 Å². The summed E-state index contributed by atoms with van der Waals surface area (Å²) in [5.41, 5.74) is 4.83. The summed E-state index contributed by atoms with van der Waals surface area (Å²) >= 11 is 0. The lowest BCUT2D eigenvalue weighted by Crippen LogP contribution is -2.33. The highest BCUT2D eigenvalue weighted by atomic mass is 16.2. The number of nitrogens with zero attached hydrogens (tertiary/aromatic N) is 4. The van der Waals surface area contributed by atoms with Crippen molar-refractivity contribution < 1.29 is 4.79 Å². The first-order valence-electron chi connectivity index (χ1n) is 8.98. The van der Waals surface area contributed by atoms with Crippen LogP contribution in [-0.4, -0.2) is 27.3 Å². The number of carbonyl (C=O) groups excluding carboxylic acids is 1. The number of hydrogen-bond acceptors (Lipinski definition) is 4. The Morgan fingerprint density at radius 1 is 1.19 bits per heavy atom. The van der Waals surface area contributed by atoms with Crippen LogP contribution in [0.15, 0.2) is 48.8 Å². The molecule has 0 saturated heterocycles. The van der Waals surface area contributed by atoms with E-state index in [4.69, 9.17) is 5.26 Å². The van der Waals surface area contributed by atoms with Crippen LogP contribution < -0.4 is 0 Å². The van der Waals surface area contributed by atoms with Crippen molar-refractivity contribution in [2.24, 2.45) is 0 Å². The van der Waals surface area contributed by atoms with E-state index in [-0.39, 0.29) is 12.3 Å².